The lowest BCUT2D eigenvalue weighted by Crippen LogP contribution is -2.32. The molecule has 1 aliphatic rings. The van der Waals surface area contributed by atoms with Gasteiger partial charge < -0.3 is 15.7 Å². The van der Waals surface area contributed by atoms with Crippen LogP contribution in [-0.4, -0.2) is 16.6 Å². The lowest BCUT2D eigenvalue weighted by molar-refractivity contribution is 0.221. The fraction of sp³-hybridized carbons (Fsp3) is 0.185. The van der Waals surface area contributed by atoms with Crippen LogP contribution < -0.4 is 10.6 Å². The molecular formula is C27H29N3OS. The number of rotatable bonds is 9. The predicted molar refractivity (Wildman–Crippen MR) is 133 cm³/mol. The number of benzene rings is 3. The molecule has 3 N–H and O–H groups in total. The topological polar surface area (TPSA) is 47.5 Å². The number of nitrogens with zero attached hydrogens (tertiary/aromatic N) is 1. The highest BCUT2D eigenvalue weighted by Gasteiger charge is 2.29. The van der Waals surface area contributed by atoms with E-state index in [0.29, 0.717) is 13.1 Å². The van der Waals surface area contributed by atoms with Crippen LogP contribution in [0, 0.1) is 0 Å². The third-order valence-electron chi connectivity index (χ3n) is 5.75. The van der Waals surface area contributed by atoms with Crippen LogP contribution in [0.2, 0.25) is 0 Å². The zero-order chi connectivity index (χ0) is 22.5. The Bertz CT molecular complexity index is 1100. The molecule has 1 aliphatic heterocycles. The average molecular weight is 444 g/mol. The summed E-state index contributed by atoms with van der Waals surface area (Å²) in [4.78, 5) is 3.43. The van der Waals surface area contributed by atoms with Gasteiger partial charge in [0, 0.05) is 35.9 Å². The number of hydrogen-bond donors (Lipinski definition) is 4. The zero-order valence-corrected chi connectivity index (χ0v) is 19.0. The number of phenols is 1. The summed E-state index contributed by atoms with van der Waals surface area (Å²) >= 11 is 4.50. The summed E-state index contributed by atoms with van der Waals surface area (Å²) in [7, 11) is 0. The van der Waals surface area contributed by atoms with Crippen LogP contribution >= 0.6 is 12.6 Å². The molecule has 0 aromatic heterocycles. The van der Waals surface area contributed by atoms with Crippen LogP contribution in [0.25, 0.3) is 0 Å². The van der Waals surface area contributed by atoms with Crippen molar-refractivity contribution in [3.8, 4) is 5.75 Å². The second kappa shape index (κ2) is 9.98. The van der Waals surface area contributed by atoms with E-state index in [4.69, 9.17) is 0 Å². The van der Waals surface area contributed by atoms with Crippen LogP contribution in [-0.2, 0) is 19.6 Å². The van der Waals surface area contributed by atoms with E-state index in [1.165, 1.54) is 16.7 Å². The normalized spacial score (nSPS) is 13.9. The number of thiol groups is 1. The first kappa shape index (κ1) is 22.1. The first-order valence-electron chi connectivity index (χ1n) is 10.7. The molecule has 5 heteroatoms. The van der Waals surface area contributed by atoms with Crippen molar-refractivity contribution < 1.29 is 5.11 Å². The molecule has 3 aromatic rings. The summed E-state index contributed by atoms with van der Waals surface area (Å²) < 4.78 is 0. The van der Waals surface area contributed by atoms with E-state index < -0.39 is 0 Å². The average Bonchev–Trinajstić information content (AvgIpc) is 3.20. The molecule has 0 amide bonds. The lowest BCUT2D eigenvalue weighted by atomic mass is 10.0. The Labute approximate surface area is 195 Å². The van der Waals surface area contributed by atoms with Gasteiger partial charge in [-0.15, -0.1) is 12.6 Å². The molecule has 3 aromatic carbocycles. The van der Waals surface area contributed by atoms with Gasteiger partial charge >= 0.3 is 0 Å². The maximum Gasteiger partial charge on any atom is 0.115 e. The largest absolute Gasteiger partial charge is 0.508 e. The Morgan fingerprint density at radius 2 is 1.66 bits per heavy atom. The molecule has 0 fully saturated rings. The zero-order valence-electron chi connectivity index (χ0n) is 18.1. The molecule has 1 atom stereocenters. The lowest BCUT2D eigenvalue weighted by Gasteiger charge is -2.30. The smallest absolute Gasteiger partial charge is 0.115 e. The molecule has 4 rings (SSSR count). The summed E-state index contributed by atoms with van der Waals surface area (Å²) in [5.41, 5.74) is 6.80. The summed E-state index contributed by atoms with van der Waals surface area (Å²) in [6.45, 7) is 11.5. The Morgan fingerprint density at radius 1 is 0.938 bits per heavy atom. The van der Waals surface area contributed by atoms with E-state index in [2.05, 4.69) is 83.8 Å². The van der Waals surface area contributed by atoms with Crippen molar-refractivity contribution in [2.75, 3.05) is 6.54 Å². The van der Waals surface area contributed by atoms with E-state index in [-0.39, 0.29) is 11.8 Å². The standard InChI is InChI=1S/C27H29N3OS/c1-19(28-16-21-8-11-25(31)12-9-21)15-29-20(2)27(22-6-4-3-5-7-22)30-17-23-10-13-26(32)14-24(23)18-30/h3-14,27-29,31-32H,1-2,15-18H2. The minimum atomic E-state index is 0.0527. The van der Waals surface area contributed by atoms with Gasteiger partial charge in [-0.05, 0) is 46.5 Å². The van der Waals surface area contributed by atoms with E-state index in [1.807, 2.05) is 18.2 Å². The molecule has 0 saturated heterocycles. The molecule has 1 unspecified atom stereocenters. The minimum absolute atomic E-state index is 0.0527. The number of hydrogen-bond acceptors (Lipinski definition) is 5. The van der Waals surface area contributed by atoms with Crippen LogP contribution in [0.3, 0.4) is 0 Å². The van der Waals surface area contributed by atoms with E-state index >= 15 is 0 Å². The molecule has 164 valence electrons. The highest BCUT2D eigenvalue weighted by atomic mass is 32.1. The van der Waals surface area contributed by atoms with Gasteiger partial charge in [0.25, 0.3) is 0 Å². The predicted octanol–water partition coefficient (Wildman–Crippen LogP) is 5.14. The van der Waals surface area contributed by atoms with E-state index in [9.17, 15) is 5.11 Å². The SMILES string of the molecule is C=C(CNC(=C)C(c1ccccc1)N1Cc2ccc(S)cc2C1)NCc1ccc(O)cc1. The molecule has 1 heterocycles. The Balaban J connectivity index is 1.40. The van der Waals surface area contributed by atoms with Gasteiger partial charge in [0.2, 0.25) is 0 Å². The molecular weight excluding hydrogens is 414 g/mol. The number of nitrogens with one attached hydrogen (secondary N) is 2. The minimum Gasteiger partial charge on any atom is -0.508 e. The highest BCUT2D eigenvalue weighted by Crippen LogP contribution is 2.35. The Kier molecular flexibility index (Phi) is 6.88. The molecule has 0 bridgehead atoms. The van der Waals surface area contributed by atoms with Crippen LogP contribution in [0.5, 0.6) is 5.75 Å². The van der Waals surface area contributed by atoms with Crippen molar-refractivity contribution in [3.63, 3.8) is 0 Å². The third-order valence-corrected chi connectivity index (χ3v) is 6.03. The van der Waals surface area contributed by atoms with Crippen molar-refractivity contribution in [1.29, 1.82) is 0 Å². The van der Waals surface area contributed by atoms with Gasteiger partial charge in [0.05, 0.1) is 12.6 Å². The van der Waals surface area contributed by atoms with Crippen molar-refractivity contribution in [2.45, 2.75) is 30.6 Å². The number of aromatic hydroxyl groups is 1. The van der Waals surface area contributed by atoms with Gasteiger partial charge in [0.1, 0.15) is 5.75 Å². The van der Waals surface area contributed by atoms with Gasteiger partial charge in [-0.3, -0.25) is 4.90 Å². The maximum absolute atomic E-state index is 9.42. The number of phenolic OH excluding ortho intramolecular Hbond substituents is 1. The van der Waals surface area contributed by atoms with E-state index in [0.717, 1.165) is 34.9 Å². The summed E-state index contributed by atoms with van der Waals surface area (Å²) in [5, 5.41) is 16.2. The van der Waals surface area contributed by atoms with Crippen molar-refractivity contribution in [2.24, 2.45) is 0 Å². The fourth-order valence-electron chi connectivity index (χ4n) is 4.08. The van der Waals surface area contributed by atoms with Gasteiger partial charge in [0.15, 0.2) is 0 Å². The number of fused-ring (bicyclic) bond motifs is 1. The summed E-state index contributed by atoms with van der Waals surface area (Å²) in [6, 6.07) is 24.1. The third kappa shape index (κ3) is 5.36. The fourth-order valence-corrected chi connectivity index (χ4v) is 4.31. The molecule has 0 radical (unpaired) electrons. The van der Waals surface area contributed by atoms with Gasteiger partial charge in [-0.1, -0.05) is 61.7 Å². The highest BCUT2D eigenvalue weighted by molar-refractivity contribution is 7.80. The van der Waals surface area contributed by atoms with E-state index in [1.54, 1.807) is 12.1 Å². The molecule has 4 nitrogen and oxygen atoms in total. The van der Waals surface area contributed by atoms with Gasteiger partial charge in [-0.2, -0.15) is 0 Å². The summed E-state index contributed by atoms with van der Waals surface area (Å²) in [5.74, 6) is 0.271. The first-order valence-corrected chi connectivity index (χ1v) is 11.2. The van der Waals surface area contributed by atoms with Gasteiger partial charge in [-0.25, -0.2) is 0 Å². The summed E-state index contributed by atoms with van der Waals surface area (Å²) in [6.07, 6.45) is 0. The van der Waals surface area contributed by atoms with Crippen LogP contribution in [0.4, 0.5) is 0 Å². The second-order valence-electron chi connectivity index (χ2n) is 8.17. The second-order valence-corrected chi connectivity index (χ2v) is 8.69. The molecule has 0 saturated carbocycles. The van der Waals surface area contributed by atoms with Crippen LogP contribution in [0.1, 0.15) is 28.3 Å². The quantitative estimate of drug-likeness (QED) is 0.346. The Hall–Kier alpha value is -3.15. The van der Waals surface area contributed by atoms with Crippen molar-refractivity contribution in [1.82, 2.24) is 15.5 Å². The van der Waals surface area contributed by atoms with Crippen molar-refractivity contribution >= 4 is 12.6 Å². The molecule has 0 spiro atoms. The first-order chi connectivity index (χ1) is 15.5. The molecule has 0 aliphatic carbocycles. The van der Waals surface area contributed by atoms with Crippen molar-refractivity contribution in [3.05, 3.63) is 120 Å². The van der Waals surface area contributed by atoms with Crippen LogP contribution in [0.15, 0.2) is 102 Å². The maximum atomic E-state index is 9.42. The Morgan fingerprint density at radius 3 is 2.41 bits per heavy atom. The monoisotopic (exact) mass is 443 g/mol. The molecule has 32 heavy (non-hydrogen) atoms.